The molecule has 2 N–H and O–H groups in total. The van der Waals surface area contributed by atoms with Crippen molar-refractivity contribution in [1.29, 1.82) is 0 Å². The fourth-order valence-electron chi connectivity index (χ4n) is 2.24. The molecule has 0 aliphatic rings. The maximum absolute atomic E-state index is 12.0. The summed E-state index contributed by atoms with van der Waals surface area (Å²) in [5.74, 6) is 0.109. The quantitative estimate of drug-likeness (QED) is 0.756. The molecule has 0 fully saturated rings. The standard InChI is InChI=1S/C20H23NO5/c1-4-25-16-9-11-17(12-10-16)26-13-18(22)21-15-7-5-14(6-8-15)20(2,3)19(23)24/h5-12H,4,13H2,1-3H3,(H,21,22)(H,23,24). The molecule has 0 spiro atoms. The number of rotatable bonds is 8. The smallest absolute Gasteiger partial charge is 0.313 e. The van der Waals surface area contributed by atoms with E-state index >= 15 is 0 Å². The summed E-state index contributed by atoms with van der Waals surface area (Å²) < 4.78 is 10.8. The summed E-state index contributed by atoms with van der Waals surface area (Å²) in [6.45, 7) is 5.63. The molecular weight excluding hydrogens is 334 g/mol. The Morgan fingerprint density at radius 2 is 1.50 bits per heavy atom. The number of anilines is 1. The number of hydrogen-bond donors (Lipinski definition) is 2. The zero-order valence-electron chi connectivity index (χ0n) is 15.1. The minimum absolute atomic E-state index is 0.129. The second kappa shape index (κ2) is 8.38. The van der Waals surface area contributed by atoms with Crippen molar-refractivity contribution in [2.24, 2.45) is 0 Å². The number of nitrogens with one attached hydrogen (secondary N) is 1. The SMILES string of the molecule is CCOc1ccc(OCC(=O)Nc2ccc(C(C)(C)C(=O)O)cc2)cc1. The lowest BCUT2D eigenvalue weighted by atomic mass is 9.85. The maximum Gasteiger partial charge on any atom is 0.313 e. The van der Waals surface area contributed by atoms with E-state index in [0.29, 0.717) is 23.6 Å². The Morgan fingerprint density at radius 1 is 0.962 bits per heavy atom. The van der Waals surface area contributed by atoms with Gasteiger partial charge >= 0.3 is 5.97 Å². The molecule has 0 radical (unpaired) electrons. The van der Waals surface area contributed by atoms with E-state index in [4.69, 9.17) is 9.47 Å². The van der Waals surface area contributed by atoms with E-state index in [2.05, 4.69) is 5.32 Å². The minimum atomic E-state index is -0.987. The molecule has 2 aromatic rings. The minimum Gasteiger partial charge on any atom is -0.494 e. The number of aliphatic carboxylic acids is 1. The van der Waals surface area contributed by atoms with Crippen molar-refractivity contribution in [2.45, 2.75) is 26.2 Å². The second-order valence-corrected chi connectivity index (χ2v) is 6.25. The van der Waals surface area contributed by atoms with Gasteiger partial charge in [0.2, 0.25) is 0 Å². The van der Waals surface area contributed by atoms with Crippen molar-refractivity contribution in [1.82, 2.24) is 0 Å². The van der Waals surface area contributed by atoms with Crippen LogP contribution in [0.25, 0.3) is 0 Å². The van der Waals surface area contributed by atoms with Gasteiger partial charge in [0.25, 0.3) is 5.91 Å². The fourth-order valence-corrected chi connectivity index (χ4v) is 2.24. The molecule has 26 heavy (non-hydrogen) atoms. The van der Waals surface area contributed by atoms with Crippen LogP contribution in [0.15, 0.2) is 48.5 Å². The monoisotopic (exact) mass is 357 g/mol. The summed E-state index contributed by atoms with van der Waals surface area (Å²) in [5.41, 5.74) is 0.253. The lowest BCUT2D eigenvalue weighted by Crippen LogP contribution is -2.28. The number of amides is 1. The van der Waals surface area contributed by atoms with Gasteiger partial charge in [0.05, 0.1) is 12.0 Å². The Morgan fingerprint density at radius 3 is 2.00 bits per heavy atom. The highest BCUT2D eigenvalue weighted by Gasteiger charge is 2.29. The van der Waals surface area contributed by atoms with E-state index in [1.165, 1.54) is 0 Å². The van der Waals surface area contributed by atoms with Crippen LogP contribution in [0.1, 0.15) is 26.3 Å². The molecule has 0 heterocycles. The molecular formula is C20H23NO5. The van der Waals surface area contributed by atoms with Crippen molar-refractivity contribution >= 4 is 17.6 Å². The van der Waals surface area contributed by atoms with E-state index in [0.717, 1.165) is 5.75 Å². The van der Waals surface area contributed by atoms with Crippen LogP contribution in [0.3, 0.4) is 0 Å². The van der Waals surface area contributed by atoms with Gasteiger partial charge in [-0.3, -0.25) is 9.59 Å². The van der Waals surface area contributed by atoms with Gasteiger partial charge in [-0.15, -0.1) is 0 Å². The summed E-state index contributed by atoms with van der Waals surface area (Å²) in [7, 11) is 0. The zero-order chi connectivity index (χ0) is 19.2. The molecule has 2 aromatic carbocycles. The Hall–Kier alpha value is -3.02. The third kappa shape index (κ3) is 4.99. The molecule has 0 atom stereocenters. The lowest BCUT2D eigenvalue weighted by molar-refractivity contribution is -0.142. The van der Waals surface area contributed by atoms with Crippen LogP contribution in [0.2, 0.25) is 0 Å². The van der Waals surface area contributed by atoms with Crippen LogP contribution in [0, 0.1) is 0 Å². The van der Waals surface area contributed by atoms with Gasteiger partial charge in [-0.2, -0.15) is 0 Å². The number of carboxylic acids is 1. The summed E-state index contributed by atoms with van der Waals surface area (Å²) in [5, 5.41) is 12.0. The van der Waals surface area contributed by atoms with Gasteiger partial charge < -0.3 is 19.9 Å². The molecule has 0 bridgehead atoms. The van der Waals surface area contributed by atoms with Gasteiger partial charge in [-0.05, 0) is 62.7 Å². The lowest BCUT2D eigenvalue weighted by Gasteiger charge is -2.19. The van der Waals surface area contributed by atoms with Crippen molar-refractivity contribution < 1.29 is 24.2 Å². The molecule has 0 aliphatic heterocycles. The van der Waals surface area contributed by atoms with Crippen molar-refractivity contribution in [3.05, 3.63) is 54.1 Å². The number of hydrogen-bond acceptors (Lipinski definition) is 4. The van der Waals surface area contributed by atoms with Crippen LogP contribution in [0.4, 0.5) is 5.69 Å². The maximum atomic E-state index is 12.0. The van der Waals surface area contributed by atoms with Crippen molar-refractivity contribution in [3.63, 3.8) is 0 Å². The number of ether oxygens (including phenoxy) is 2. The number of carbonyl (C=O) groups is 2. The van der Waals surface area contributed by atoms with Crippen molar-refractivity contribution in [2.75, 3.05) is 18.5 Å². The molecule has 1 amide bonds. The topological polar surface area (TPSA) is 84.9 Å². The second-order valence-electron chi connectivity index (χ2n) is 6.25. The van der Waals surface area contributed by atoms with E-state index in [1.54, 1.807) is 62.4 Å². The third-order valence-corrected chi connectivity index (χ3v) is 3.93. The van der Waals surface area contributed by atoms with Crippen LogP contribution in [0.5, 0.6) is 11.5 Å². The Balaban J connectivity index is 1.88. The Kier molecular flexibility index (Phi) is 6.22. The van der Waals surface area contributed by atoms with Crippen LogP contribution < -0.4 is 14.8 Å². The molecule has 6 nitrogen and oxygen atoms in total. The Labute approximate surface area is 152 Å². The predicted octanol–water partition coefficient (Wildman–Crippen LogP) is 3.47. The normalized spacial score (nSPS) is 10.9. The molecule has 138 valence electrons. The molecule has 0 saturated heterocycles. The van der Waals surface area contributed by atoms with Crippen LogP contribution in [-0.2, 0) is 15.0 Å². The number of carboxylic acid groups (broad SMARTS) is 1. The first kappa shape index (κ1) is 19.3. The summed E-state index contributed by atoms with van der Waals surface area (Å²) in [4.78, 5) is 23.3. The molecule has 0 unspecified atom stereocenters. The van der Waals surface area contributed by atoms with E-state index in [9.17, 15) is 14.7 Å². The zero-order valence-corrected chi connectivity index (χ0v) is 15.1. The molecule has 0 aliphatic carbocycles. The van der Waals surface area contributed by atoms with Crippen LogP contribution >= 0.6 is 0 Å². The predicted molar refractivity (Wildman–Crippen MR) is 98.8 cm³/mol. The number of carbonyl (C=O) groups excluding carboxylic acids is 1. The van der Waals surface area contributed by atoms with Gasteiger partial charge in [-0.25, -0.2) is 0 Å². The van der Waals surface area contributed by atoms with Gasteiger partial charge in [0.15, 0.2) is 6.61 Å². The summed E-state index contributed by atoms with van der Waals surface area (Å²) >= 11 is 0. The first-order chi connectivity index (χ1) is 12.3. The largest absolute Gasteiger partial charge is 0.494 e. The van der Waals surface area contributed by atoms with E-state index in [1.807, 2.05) is 6.92 Å². The highest BCUT2D eigenvalue weighted by Crippen LogP contribution is 2.24. The van der Waals surface area contributed by atoms with Crippen LogP contribution in [-0.4, -0.2) is 30.2 Å². The third-order valence-electron chi connectivity index (χ3n) is 3.93. The molecule has 0 aromatic heterocycles. The highest BCUT2D eigenvalue weighted by molar-refractivity contribution is 5.92. The fraction of sp³-hybridized carbons (Fsp3) is 0.300. The van der Waals surface area contributed by atoms with Gasteiger partial charge in [0, 0.05) is 5.69 Å². The van der Waals surface area contributed by atoms with Gasteiger partial charge in [-0.1, -0.05) is 12.1 Å². The van der Waals surface area contributed by atoms with Crippen molar-refractivity contribution in [3.8, 4) is 11.5 Å². The first-order valence-electron chi connectivity index (χ1n) is 8.32. The average Bonchev–Trinajstić information content (AvgIpc) is 2.62. The van der Waals surface area contributed by atoms with E-state index < -0.39 is 11.4 Å². The Bertz CT molecular complexity index is 751. The van der Waals surface area contributed by atoms with E-state index in [-0.39, 0.29) is 12.5 Å². The summed E-state index contributed by atoms with van der Waals surface area (Å²) in [6, 6.07) is 13.8. The average molecular weight is 357 g/mol. The van der Waals surface area contributed by atoms with Gasteiger partial charge in [0.1, 0.15) is 11.5 Å². The molecule has 6 heteroatoms. The first-order valence-corrected chi connectivity index (χ1v) is 8.32. The molecule has 0 saturated carbocycles. The molecule has 2 rings (SSSR count). The highest BCUT2D eigenvalue weighted by atomic mass is 16.5. The summed E-state index contributed by atoms with van der Waals surface area (Å²) in [6.07, 6.45) is 0. The number of benzene rings is 2.